The highest BCUT2D eigenvalue weighted by atomic mass is 19.1. The predicted molar refractivity (Wildman–Crippen MR) is 88.9 cm³/mol. The number of nitrogens with two attached hydrogens (primary N) is 2. The van der Waals surface area contributed by atoms with Crippen LogP contribution < -0.4 is 22.1 Å². The van der Waals surface area contributed by atoms with Crippen molar-refractivity contribution in [2.45, 2.75) is 25.0 Å². The number of benzene rings is 1. The summed E-state index contributed by atoms with van der Waals surface area (Å²) in [5.74, 6) is 0.813. The van der Waals surface area contributed by atoms with Gasteiger partial charge in [0.2, 0.25) is 0 Å². The summed E-state index contributed by atoms with van der Waals surface area (Å²) in [7, 11) is 0. The van der Waals surface area contributed by atoms with Crippen LogP contribution in [0, 0.1) is 5.82 Å². The molecule has 124 valence electrons. The summed E-state index contributed by atoms with van der Waals surface area (Å²) in [5, 5.41) is 6.47. The van der Waals surface area contributed by atoms with Gasteiger partial charge >= 0.3 is 0 Å². The minimum absolute atomic E-state index is 0.257. The molecule has 1 aromatic rings. The molecular weight excluding hydrogens is 295 g/mol. The van der Waals surface area contributed by atoms with Gasteiger partial charge in [-0.25, -0.2) is 9.38 Å². The summed E-state index contributed by atoms with van der Waals surface area (Å²) in [4.78, 5) is 6.48. The highest BCUT2D eigenvalue weighted by Crippen LogP contribution is 2.22. The van der Waals surface area contributed by atoms with Crippen LogP contribution in [0.15, 0.2) is 41.2 Å². The van der Waals surface area contributed by atoms with Gasteiger partial charge in [0.1, 0.15) is 17.3 Å². The Kier molecular flexibility index (Phi) is 4.23. The smallest absolute Gasteiger partial charge is 0.196 e. The molecular formula is C16H23FN6. The van der Waals surface area contributed by atoms with E-state index in [1.54, 1.807) is 18.2 Å². The summed E-state index contributed by atoms with van der Waals surface area (Å²) in [6, 6.07) is 6.97. The molecule has 2 heterocycles. The minimum Gasteiger partial charge on any atom is -0.370 e. The summed E-state index contributed by atoms with van der Waals surface area (Å²) in [6.45, 7) is 4.72. The maximum atomic E-state index is 13.9. The molecule has 1 fully saturated rings. The van der Waals surface area contributed by atoms with Crippen molar-refractivity contribution >= 4 is 5.96 Å². The second-order valence-corrected chi connectivity index (χ2v) is 6.21. The fraction of sp³-hybridized carbons (Fsp3) is 0.438. The first-order valence-corrected chi connectivity index (χ1v) is 7.81. The van der Waals surface area contributed by atoms with Gasteiger partial charge in [0.15, 0.2) is 5.96 Å². The highest BCUT2D eigenvalue weighted by molar-refractivity contribution is 5.81. The van der Waals surface area contributed by atoms with Gasteiger partial charge in [-0.15, -0.1) is 0 Å². The molecule has 0 radical (unpaired) electrons. The maximum Gasteiger partial charge on any atom is 0.196 e. The van der Waals surface area contributed by atoms with Crippen molar-refractivity contribution in [3.8, 4) is 0 Å². The Bertz CT molecular complexity index is 643. The number of rotatable bonds is 3. The SMILES string of the molecule is C[C@H]1CN(C2=CC(N)(Cc3ccccc3F)N=C(N)N2)CCN1. The lowest BCUT2D eigenvalue weighted by atomic mass is 9.99. The standard InChI is InChI=1S/C16H23FN6/c1-11-10-23(7-6-20-11)14-9-16(19,22-15(18)21-14)8-12-4-2-3-5-13(12)17/h2-5,9,11,20H,6-8,10,19H2,1H3,(H3,18,21,22)/t11-,16?/m0/s1. The molecule has 0 amide bonds. The van der Waals surface area contributed by atoms with E-state index in [0.29, 0.717) is 11.6 Å². The Morgan fingerprint density at radius 1 is 1.43 bits per heavy atom. The summed E-state index contributed by atoms with van der Waals surface area (Å²) in [6.07, 6.45) is 2.10. The molecule has 0 spiro atoms. The lowest BCUT2D eigenvalue weighted by Crippen LogP contribution is -2.55. The first-order chi connectivity index (χ1) is 11.0. The Morgan fingerprint density at radius 3 is 2.96 bits per heavy atom. The van der Waals surface area contributed by atoms with Crippen molar-refractivity contribution in [3.05, 3.63) is 47.5 Å². The van der Waals surface area contributed by atoms with Crippen LogP contribution in [0.3, 0.4) is 0 Å². The first-order valence-electron chi connectivity index (χ1n) is 7.81. The van der Waals surface area contributed by atoms with E-state index < -0.39 is 5.66 Å². The van der Waals surface area contributed by atoms with Crippen molar-refractivity contribution in [3.63, 3.8) is 0 Å². The number of hydrogen-bond acceptors (Lipinski definition) is 6. The van der Waals surface area contributed by atoms with Gasteiger partial charge in [-0.2, -0.15) is 0 Å². The number of aliphatic imine (C=N–C) groups is 1. The number of piperazine rings is 1. The molecule has 6 N–H and O–H groups in total. The quantitative estimate of drug-likeness (QED) is 0.633. The molecule has 0 aromatic heterocycles. The summed E-state index contributed by atoms with van der Waals surface area (Å²) >= 11 is 0. The molecule has 1 aromatic carbocycles. The van der Waals surface area contributed by atoms with Crippen LogP contribution in [0.2, 0.25) is 0 Å². The molecule has 2 aliphatic rings. The average molecular weight is 318 g/mol. The summed E-state index contributed by atoms with van der Waals surface area (Å²) in [5.41, 5.74) is 11.8. The number of nitrogens with zero attached hydrogens (tertiary/aromatic N) is 2. The second kappa shape index (κ2) is 6.17. The third-order valence-electron chi connectivity index (χ3n) is 4.11. The minimum atomic E-state index is -1.05. The normalized spacial score (nSPS) is 28.0. The monoisotopic (exact) mass is 318 g/mol. The van der Waals surface area contributed by atoms with Gasteiger partial charge in [-0.1, -0.05) is 18.2 Å². The van der Waals surface area contributed by atoms with Crippen molar-refractivity contribution in [2.24, 2.45) is 16.5 Å². The lowest BCUT2D eigenvalue weighted by molar-refractivity contribution is 0.243. The van der Waals surface area contributed by atoms with E-state index in [4.69, 9.17) is 11.5 Å². The zero-order chi connectivity index (χ0) is 16.4. The third-order valence-corrected chi connectivity index (χ3v) is 4.11. The Balaban J connectivity index is 1.84. The Morgan fingerprint density at radius 2 is 2.22 bits per heavy atom. The fourth-order valence-electron chi connectivity index (χ4n) is 3.05. The van der Waals surface area contributed by atoms with Gasteiger partial charge in [0.05, 0.1) is 0 Å². The van der Waals surface area contributed by atoms with Crippen LogP contribution >= 0.6 is 0 Å². The van der Waals surface area contributed by atoms with E-state index >= 15 is 0 Å². The molecule has 7 heteroatoms. The molecule has 0 aliphatic carbocycles. The second-order valence-electron chi connectivity index (χ2n) is 6.21. The maximum absolute atomic E-state index is 13.9. The zero-order valence-corrected chi connectivity index (χ0v) is 13.2. The van der Waals surface area contributed by atoms with Gasteiger partial charge in [0, 0.05) is 32.1 Å². The van der Waals surface area contributed by atoms with Crippen molar-refractivity contribution < 1.29 is 4.39 Å². The molecule has 6 nitrogen and oxygen atoms in total. The van der Waals surface area contributed by atoms with Crippen LogP contribution in [0.1, 0.15) is 12.5 Å². The van der Waals surface area contributed by atoms with Gasteiger partial charge in [-0.05, 0) is 24.6 Å². The van der Waals surface area contributed by atoms with Crippen LogP contribution in [0.25, 0.3) is 0 Å². The predicted octanol–water partition coefficient (Wildman–Crippen LogP) is 0.0762. The average Bonchev–Trinajstić information content (AvgIpc) is 2.48. The molecule has 1 saturated heterocycles. The van der Waals surface area contributed by atoms with Crippen LogP contribution in [0.5, 0.6) is 0 Å². The highest BCUT2D eigenvalue weighted by Gasteiger charge is 2.30. The number of halogens is 1. The summed E-state index contributed by atoms with van der Waals surface area (Å²) < 4.78 is 13.9. The van der Waals surface area contributed by atoms with Gasteiger partial charge in [0.25, 0.3) is 0 Å². The van der Waals surface area contributed by atoms with Crippen LogP contribution in [0.4, 0.5) is 4.39 Å². The zero-order valence-electron chi connectivity index (χ0n) is 13.2. The molecule has 2 aliphatic heterocycles. The van der Waals surface area contributed by atoms with E-state index in [0.717, 1.165) is 25.5 Å². The molecule has 1 unspecified atom stereocenters. The topological polar surface area (TPSA) is 91.7 Å². The van der Waals surface area contributed by atoms with E-state index in [1.165, 1.54) is 6.07 Å². The Hall–Kier alpha value is -2.12. The van der Waals surface area contributed by atoms with Gasteiger partial charge < -0.3 is 27.0 Å². The first kappa shape index (κ1) is 15.8. The third kappa shape index (κ3) is 3.62. The Labute approximate surface area is 135 Å². The van der Waals surface area contributed by atoms with E-state index in [-0.39, 0.29) is 18.2 Å². The van der Waals surface area contributed by atoms with E-state index in [1.807, 2.05) is 6.08 Å². The number of guanidine groups is 1. The van der Waals surface area contributed by atoms with Crippen molar-refractivity contribution in [1.29, 1.82) is 0 Å². The van der Waals surface area contributed by atoms with Crippen molar-refractivity contribution in [1.82, 2.24) is 15.5 Å². The lowest BCUT2D eigenvalue weighted by Gasteiger charge is -2.38. The van der Waals surface area contributed by atoms with Gasteiger partial charge in [-0.3, -0.25) is 0 Å². The fourth-order valence-corrected chi connectivity index (χ4v) is 3.05. The molecule has 0 bridgehead atoms. The number of hydrogen-bond donors (Lipinski definition) is 4. The molecule has 3 rings (SSSR count). The largest absolute Gasteiger partial charge is 0.370 e. The molecule has 0 saturated carbocycles. The molecule has 2 atom stereocenters. The number of nitrogens with one attached hydrogen (secondary N) is 2. The van der Waals surface area contributed by atoms with E-state index in [2.05, 4.69) is 27.4 Å². The van der Waals surface area contributed by atoms with Crippen molar-refractivity contribution in [2.75, 3.05) is 19.6 Å². The molecule has 23 heavy (non-hydrogen) atoms. The van der Waals surface area contributed by atoms with Crippen LogP contribution in [-0.4, -0.2) is 42.2 Å². The van der Waals surface area contributed by atoms with E-state index in [9.17, 15) is 4.39 Å². The van der Waals surface area contributed by atoms with Crippen LogP contribution in [-0.2, 0) is 6.42 Å².